The average molecular weight is 126 g/mol. The van der Waals surface area contributed by atoms with E-state index in [0.717, 1.165) is 19.1 Å². The summed E-state index contributed by atoms with van der Waals surface area (Å²) in [5.74, 6) is 0.0940. The molecule has 0 rings (SSSR count). The Hall–Kier alpha value is -0.590. The number of carbonyl (C=O) groups is 1. The summed E-state index contributed by atoms with van der Waals surface area (Å²) in [7, 11) is 0. The summed E-state index contributed by atoms with van der Waals surface area (Å²) in [4.78, 5) is 10.0. The Morgan fingerprint density at radius 3 is 2.67 bits per heavy atom. The molecule has 0 aliphatic rings. The van der Waals surface area contributed by atoms with Gasteiger partial charge in [-0.2, -0.15) is 0 Å². The van der Waals surface area contributed by atoms with E-state index in [1.54, 1.807) is 0 Å². The van der Waals surface area contributed by atoms with Crippen molar-refractivity contribution in [1.82, 2.24) is 0 Å². The van der Waals surface area contributed by atoms with Crippen LogP contribution in [-0.2, 0) is 4.79 Å². The Bertz CT molecular complexity index is 94.7. The van der Waals surface area contributed by atoms with Crippen LogP contribution in [0.3, 0.4) is 0 Å². The molecular weight excluding hydrogens is 112 g/mol. The number of unbranched alkanes of at least 4 members (excludes halogenated alkanes) is 1. The van der Waals surface area contributed by atoms with Gasteiger partial charge in [-0.25, -0.2) is 0 Å². The highest BCUT2D eigenvalue weighted by Crippen LogP contribution is 1.94. The lowest BCUT2D eigenvalue weighted by Crippen LogP contribution is -1.87. The van der Waals surface area contributed by atoms with E-state index in [1.807, 2.05) is 13.0 Å². The molecule has 0 N–H and O–H groups in total. The van der Waals surface area contributed by atoms with E-state index in [2.05, 4.69) is 13.0 Å². The number of rotatable bonds is 4. The maximum absolute atomic E-state index is 10.0. The minimum Gasteiger partial charge on any atom is -0.303 e. The number of carbonyl (C=O) groups excluding carboxylic acids is 1. The summed E-state index contributed by atoms with van der Waals surface area (Å²) in [6.45, 7) is 4.01. The molecule has 0 aromatic rings. The first-order valence-corrected chi connectivity index (χ1v) is 3.43. The maximum Gasteiger partial charge on any atom is 0.126 e. The number of allylic oxidation sites excluding steroid dienone is 2. The number of hydrogen-bond acceptors (Lipinski definition) is 1. The molecule has 0 radical (unpaired) electrons. The zero-order valence-electron chi connectivity index (χ0n) is 6.13. The first kappa shape index (κ1) is 8.41. The third-order valence-corrected chi connectivity index (χ3v) is 1.11. The van der Waals surface area contributed by atoms with Crippen LogP contribution in [0.25, 0.3) is 0 Å². The van der Waals surface area contributed by atoms with E-state index in [-0.39, 0.29) is 5.92 Å². The van der Waals surface area contributed by atoms with Crippen LogP contribution in [0, 0.1) is 5.92 Å². The van der Waals surface area contributed by atoms with Crippen LogP contribution in [0.15, 0.2) is 12.2 Å². The van der Waals surface area contributed by atoms with Gasteiger partial charge in [0.05, 0.1) is 0 Å². The second-order valence-electron chi connectivity index (χ2n) is 2.21. The molecule has 1 atom stereocenters. The van der Waals surface area contributed by atoms with Gasteiger partial charge in [-0.1, -0.05) is 32.4 Å². The Morgan fingerprint density at radius 1 is 1.56 bits per heavy atom. The lowest BCUT2D eigenvalue weighted by atomic mass is 10.2. The summed E-state index contributed by atoms with van der Waals surface area (Å²) >= 11 is 0. The Labute approximate surface area is 56.8 Å². The van der Waals surface area contributed by atoms with Gasteiger partial charge in [0.15, 0.2) is 0 Å². The van der Waals surface area contributed by atoms with Crippen molar-refractivity contribution in [3.63, 3.8) is 0 Å². The Kier molecular flexibility index (Phi) is 5.18. The van der Waals surface area contributed by atoms with Crippen LogP contribution in [0.1, 0.15) is 26.7 Å². The second kappa shape index (κ2) is 5.54. The molecule has 0 bridgehead atoms. The summed E-state index contributed by atoms with van der Waals surface area (Å²) < 4.78 is 0. The third-order valence-electron chi connectivity index (χ3n) is 1.11. The van der Waals surface area contributed by atoms with Gasteiger partial charge >= 0.3 is 0 Å². The molecule has 0 aliphatic carbocycles. The molecule has 0 amide bonds. The zero-order chi connectivity index (χ0) is 7.11. The molecular formula is C8H14O. The lowest BCUT2D eigenvalue weighted by Gasteiger charge is -1.89. The zero-order valence-corrected chi connectivity index (χ0v) is 6.13. The standard InChI is InChI=1S/C8H14O/c1-3-4-5-6-8(2)7-9/h5-8H,3-4H2,1-2H3/b6-5+. The average Bonchev–Trinajstić information content (AvgIpc) is 1.89. The van der Waals surface area contributed by atoms with Crippen molar-refractivity contribution in [2.24, 2.45) is 5.92 Å². The highest BCUT2D eigenvalue weighted by molar-refractivity contribution is 5.55. The fourth-order valence-corrected chi connectivity index (χ4v) is 0.523. The van der Waals surface area contributed by atoms with Crippen molar-refractivity contribution in [2.75, 3.05) is 0 Å². The molecule has 1 heteroatoms. The molecule has 52 valence electrons. The quantitative estimate of drug-likeness (QED) is 0.417. The highest BCUT2D eigenvalue weighted by Gasteiger charge is 1.88. The van der Waals surface area contributed by atoms with E-state index in [0.29, 0.717) is 0 Å². The van der Waals surface area contributed by atoms with Crippen molar-refractivity contribution in [3.8, 4) is 0 Å². The molecule has 0 aromatic heterocycles. The van der Waals surface area contributed by atoms with Crippen molar-refractivity contribution in [1.29, 1.82) is 0 Å². The van der Waals surface area contributed by atoms with Gasteiger partial charge in [0.1, 0.15) is 6.29 Å². The van der Waals surface area contributed by atoms with E-state index >= 15 is 0 Å². The van der Waals surface area contributed by atoms with E-state index in [9.17, 15) is 4.79 Å². The third kappa shape index (κ3) is 5.28. The molecule has 0 aromatic carbocycles. The first-order chi connectivity index (χ1) is 4.31. The minimum atomic E-state index is 0.0940. The van der Waals surface area contributed by atoms with Gasteiger partial charge in [-0.3, -0.25) is 0 Å². The SMILES string of the molecule is CCC/C=C/C(C)C=O. The van der Waals surface area contributed by atoms with Gasteiger partial charge < -0.3 is 4.79 Å². The number of hydrogen-bond donors (Lipinski definition) is 0. The van der Waals surface area contributed by atoms with Gasteiger partial charge in [-0.15, -0.1) is 0 Å². The molecule has 1 unspecified atom stereocenters. The Balaban J connectivity index is 3.31. The maximum atomic E-state index is 10.0. The van der Waals surface area contributed by atoms with Crippen LogP contribution < -0.4 is 0 Å². The van der Waals surface area contributed by atoms with Crippen molar-refractivity contribution in [2.45, 2.75) is 26.7 Å². The molecule has 0 fully saturated rings. The smallest absolute Gasteiger partial charge is 0.126 e. The second-order valence-corrected chi connectivity index (χ2v) is 2.21. The van der Waals surface area contributed by atoms with Gasteiger partial charge in [0, 0.05) is 5.92 Å². The van der Waals surface area contributed by atoms with Crippen LogP contribution >= 0.6 is 0 Å². The molecule has 0 saturated heterocycles. The molecule has 0 saturated carbocycles. The Morgan fingerprint density at radius 2 is 2.22 bits per heavy atom. The van der Waals surface area contributed by atoms with Crippen molar-refractivity contribution < 1.29 is 4.79 Å². The minimum absolute atomic E-state index is 0.0940. The normalized spacial score (nSPS) is 14.0. The summed E-state index contributed by atoms with van der Waals surface area (Å²) in [5, 5.41) is 0. The topological polar surface area (TPSA) is 17.1 Å². The molecule has 1 nitrogen and oxygen atoms in total. The molecule has 0 heterocycles. The fraction of sp³-hybridized carbons (Fsp3) is 0.625. The largest absolute Gasteiger partial charge is 0.303 e. The molecule has 9 heavy (non-hydrogen) atoms. The van der Waals surface area contributed by atoms with Crippen LogP contribution in [0.5, 0.6) is 0 Å². The van der Waals surface area contributed by atoms with E-state index < -0.39 is 0 Å². The summed E-state index contributed by atoms with van der Waals surface area (Å²) in [6.07, 6.45) is 7.18. The predicted octanol–water partition coefficient (Wildman–Crippen LogP) is 2.18. The fourth-order valence-electron chi connectivity index (χ4n) is 0.523. The number of aldehydes is 1. The summed E-state index contributed by atoms with van der Waals surface area (Å²) in [5.41, 5.74) is 0. The molecule has 0 spiro atoms. The van der Waals surface area contributed by atoms with Crippen molar-refractivity contribution >= 4 is 6.29 Å². The van der Waals surface area contributed by atoms with Gasteiger partial charge in [-0.05, 0) is 6.42 Å². The van der Waals surface area contributed by atoms with Crippen LogP contribution in [0.4, 0.5) is 0 Å². The van der Waals surface area contributed by atoms with Crippen LogP contribution in [-0.4, -0.2) is 6.29 Å². The first-order valence-electron chi connectivity index (χ1n) is 3.43. The van der Waals surface area contributed by atoms with E-state index in [1.165, 1.54) is 0 Å². The van der Waals surface area contributed by atoms with Gasteiger partial charge in [0.2, 0.25) is 0 Å². The predicted molar refractivity (Wildman–Crippen MR) is 39.3 cm³/mol. The van der Waals surface area contributed by atoms with Gasteiger partial charge in [0.25, 0.3) is 0 Å². The monoisotopic (exact) mass is 126 g/mol. The van der Waals surface area contributed by atoms with E-state index in [4.69, 9.17) is 0 Å². The van der Waals surface area contributed by atoms with Crippen molar-refractivity contribution in [3.05, 3.63) is 12.2 Å². The highest BCUT2D eigenvalue weighted by atomic mass is 16.1. The summed E-state index contributed by atoms with van der Waals surface area (Å²) in [6, 6.07) is 0. The van der Waals surface area contributed by atoms with Crippen LogP contribution in [0.2, 0.25) is 0 Å². The molecule has 0 aliphatic heterocycles. The lowest BCUT2D eigenvalue weighted by molar-refractivity contribution is -0.109.